The minimum absolute atomic E-state index is 0.146. The Kier molecular flexibility index (Phi) is 6.72. The Morgan fingerprint density at radius 2 is 1.77 bits per heavy atom. The number of benzene rings is 1. The Morgan fingerprint density at radius 3 is 2.50 bits per heavy atom. The summed E-state index contributed by atoms with van der Waals surface area (Å²) in [5, 5.41) is 17.0. The van der Waals surface area contributed by atoms with Gasteiger partial charge in [-0.2, -0.15) is 4.98 Å². The molecule has 0 amide bonds. The van der Waals surface area contributed by atoms with E-state index in [1.165, 1.54) is 37.7 Å². The van der Waals surface area contributed by atoms with Gasteiger partial charge in [0.15, 0.2) is 0 Å². The molecule has 0 atom stereocenters. The second-order valence-electron chi connectivity index (χ2n) is 9.05. The minimum atomic E-state index is -0.146. The number of hydrogen-bond acceptors (Lipinski definition) is 6. The van der Waals surface area contributed by atoms with Crippen LogP contribution in [0, 0.1) is 0 Å². The van der Waals surface area contributed by atoms with Crippen LogP contribution in [-0.4, -0.2) is 41.3 Å². The topological polar surface area (TPSA) is 73.3 Å². The number of aromatic nitrogens is 2. The van der Waals surface area contributed by atoms with Crippen molar-refractivity contribution >= 4 is 23.1 Å². The Morgan fingerprint density at radius 1 is 1.00 bits per heavy atom. The van der Waals surface area contributed by atoms with Gasteiger partial charge in [0.25, 0.3) is 0 Å². The summed E-state index contributed by atoms with van der Waals surface area (Å²) in [5.41, 5.74) is 3.38. The van der Waals surface area contributed by atoms with Crippen LogP contribution in [-0.2, 0) is 0 Å². The van der Waals surface area contributed by atoms with Crippen LogP contribution in [0.25, 0.3) is 0 Å². The fourth-order valence-corrected chi connectivity index (χ4v) is 4.68. The summed E-state index contributed by atoms with van der Waals surface area (Å²) in [5.74, 6) is 2.15. The summed E-state index contributed by atoms with van der Waals surface area (Å²) in [6, 6.07) is 8.65. The van der Waals surface area contributed by atoms with Gasteiger partial charge in [-0.1, -0.05) is 25.3 Å². The number of anilines is 4. The van der Waals surface area contributed by atoms with Crippen LogP contribution in [0.2, 0.25) is 0 Å². The third kappa shape index (κ3) is 5.22. The van der Waals surface area contributed by atoms with Crippen molar-refractivity contribution < 1.29 is 5.11 Å². The number of hydrogen-bond donors (Lipinski definition) is 3. The number of aliphatic hydroxyl groups excluding tert-OH is 1. The zero-order valence-electron chi connectivity index (χ0n) is 18.3. The predicted octanol–water partition coefficient (Wildman–Crippen LogP) is 5.05. The Hall–Kier alpha value is -2.34. The highest BCUT2D eigenvalue weighted by Crippen LogP contribution is 2.37. The van der Waals surface area contributed by atoms with Gasteiger partial charge < -0.3 is 20.6 Å². The molecule has 0 spiro atoms. The Bertz CT molecular complexity index is 826. The molecule has 6 nitrogen and oxygen atoms in total. The molecule has 0 aliphatic heterocycles. The van der Waals surface area contributed by atoms with Gasteiger partial charge in [-0.3, -0.25) is 0 Å². The lowest BCUT2D eigenvalue weighted by Gasteiger charge is -2.29. The highest BCUT2D eigenvalue weighted by Gasteiger charge is 2.24. The summed E-state index contributed by atoms with van der Waals surface area (Å²) >= 11 is 0. The van der Waals surface area contributed by atoms with E-state index < -0.39 is 0 Å². The van der Waals surface area contributed by atoms with E-state index in [2.05, 4.69) is 32.7 Å². The van der Waals surface area contributed by atoms with Crippen LogP contribution in [0.4, 0.5) is 23.1 Å². The molecule has 3 N–H and O–H groups in total. The molecule has 0 saturated heterocycles. The van der Waals surface area contributed by atoms with Gasteiger partial charge in [-0.25, -0.2) is 4.98 Å². The molecule has 0 bridgehead atoms. The monoisotopic (exact) mass is 409 g/mol. The van der Waals surface area contributed by atoms with Gasteiger partial charge in [0.05, 0.1) is 6.10 Å². The van der Waals surface area contributed by atoms with Crippen LogP contribution in [0.15, 0.2) is 30.5 Å². The molecule has 2 aliphatic carbocycles. The fourth-order valence-electron chi connectivity index (χ4n) is 4.68. The Balaban J connectivity index is 1.56. The lowest BCUT2D eigenvalue weighted by Crippen LogP contribution is -2.29. The maximum atomic E-state index is 9.85. The van der Waals surface area contributed by atoms with E-state index in [9.17, 15) is 5.11 Å². The van der Waals surface area contributed by atoms with E-state index in [1.54, 1.807) is 0 Å². The van der Waals surface area contributed by atoms with E-state index in [4.69, 9.17) is 4.98 Å². The number of aliphatic hydroxyl groups is 1. The largest absolute Gasteiger partial charge is 0.393 e. The smallest absolute Gasteiger partial charge is 0.229 e. The molecule has 2 aliphatic rings. The first-order chi connectivity index (χ1) is 14.6. The summed E-state index contributed by atoms with van der Waals surface area (Å²) in [6.45, 7) is 0. The lowest BCUT2D eigenvalue weighted by molar-refractivity contribution is 0.126. The fraction of sp³-hybridized carbons (Fsp3) is 0.583. The van der Waals surface area contributed by atoms with Crippen molar-refractivity contribution in [1.29, 1.82) is 0 Å². The van der Waals surface area contributed by atoms with E-state index in [1.807, 2.05) is 32.4 Å². The molecule has 162 valence electrons. The van der Waals surface area contributed by atoms with E-state index >= 15 is 0 Å². The average molecular weight is 410 g/mol. The van der Waals surface area contributed by atoms with Crippen LogP contribution in [0.1, 0.15) is 69.3 Å². The van der Waals surface area contributed by atoms with Crippen molar-refractivity contribution in [2.24, 2.45) is 0 Å². The van der Waals surface area contributed by atoms with Gasteiger partial charge in [0.1, 0.15) is 5.82 Å². The maximum Gasteiger partial charge on any atom is 0.229 e. The first-order valence-corrected chi connectivity index (χ1v) is 11.4. The van der Waals surface area contributed by atoms with E-state index in [0.29, 0.717) is 17.9 Å². The number of nitrogens with zero attached hydrogens (tertiary/aromatic N) is 3. The first kappa shape index (κ1) is 20.9. The lowest BCUT2D eigenvalue weighted by atomic mass is 9.84. The van der Waals surface area contributed by atoms with Gasteiger partial charge in [-0.15, -0.1) is 0 Å². The second kappa shape index (κ2) is 9.65. The molecule has 1 heterocycles. The molecule has 2 fully saturated rings. The van der Waals surface area contributed by atoms with Crippen molar-refractivity contribution in [2.75, 3.05) is 29.6 Å². The van der Waals surface area contributed by atoms with Crippen molar-refractivity contribution in [2.45, 2.75) is 75.9 Å². The molecular formula is C24H35N5O. The molecule has 1 aromatic carbocycles. The molecule has 30 heavy (non-hydrogen) atoms. The number of nitrogens with one attached hydrogen (secondary N) is 2. The molecule has 2 aromatic rings. The van der Waals surface area contributed by atoms with Crippen molar-refractivity contribution in [3.63, 3.8) is 0 Å². The summed E-state index contributed by atoms with van der Waals surface area (Å²) in [6.07, 6.45) is 11.9. The Labute approximate surface area is 180 Å². The second-order valence-corrected chi connectivity index (χ2v) is 9.05. The van der Waals surface area contributed by atoms with Crippen LogP contribution in [0.5, 0.6) is 0 Å². The van der Waals surface area contributed by atoms with Crippen molar-refractivity contribution in [3.8, 4) is 0 Å². The quantitative estimate of drug-likeness (QED) is 0.620. The highest BCUT2D eigenvalue weighted by atomic mass is 16.3. The van der Waals surface area contributed by atoms with Crippen LogP contribution in [0.3, 0.4) is 0 Å². The summed E-state index contributed by atoms with van der Waals surface area (Å²) < 4.78 is 0. The van der Waals surface area contributed by atoms with E-state index in [-0.39, 0.29) is 6.10 Å². The molecule has 2 saturated carbocycles. The zero-order chi connectivity index (χ0) is 20.9. The molecule has 0 unspecified atom stereocenters. The molecule has 4 rings (SSSR count). The third-order valence-corrected chi connectivity index (χ3v) is 6.52. The average Bonchev–Trinajstić information content (AvgIpc) is 2.76. The molecule has 0 radical (unpaired) electrons. The van der Waals surface area contributed by atoms with Crippen LogP contribution >= 0.6 is 0 Å². The molecule has 1 aromatic heterocycles. The van der Waals surface area contributed by atoms with Crippen LogP contribution < -0.4 is 15.5 Å². The first-order valence-electron chi connectivity index (χ1n) is 11.4. The maximum absolute atomic E-state index is 9.85. The normalized spacial score (nSPS) is 22.5. The standard InChI is InChI=1S/C24H35N5O/c1-29(2)20-10-6-9-19(15-20)27-24-25-16-22(17-7-4-3-5-8-17)23(28-24)26-18-11-13-21(30)14-12-18/h6,9-10,15-18,21,30H,3-5,7-8,11-14H2,1-2H3,(H2,25,26,27,28). The third-order valence-electron chi connectivity index (χ3n) is 6.52. The summed E-state index contributed by atoms with van der Waals surface area (Å²) in [7, 11) is 4.08. The van der Waals surface area contributed by atoms with E-state index in [0.717, 1.165) is 42.9 Å². The van der Waals surface area contributed by atoms with Gasteiger partial charge in [0.2, 0.25) is 5.95 Å². The minimum Gasteiger partial charge on any atom is -0.393 e. The summed E-state index contributed by atoms with van der Waals surface area (Å²) in [4.78, 5) is 11.7. The predicted molar refractivity (Wildman–Crippen MR) is 124 cm³/mol. The molecule has 6 heteroatoms. The number of rotatable bonds is 6. The van der Waals surface area contributed by atoms with Gasteiger partial charge in [-0.05, 0) is 62.6 Å². The van der Waals surface area contributed by atoms with Gasteiger partial charge in [0, 0.05) is 43.3 Å². The molecular weight excluding hydrogens is 374 g/mol. The van der Waals surface area contributed by atoms with Crippen molar-refractivity contribution in [1.82, 2.24) is 9.97 Å². The van der Waals surface area contributed by atoms with Crippen molar-refractivity contribution in [3.05, 3.63) is 36.0 Å². The zero-order valence-corrected chi connectivity index (χ0v) is 18.3. The SMILES string of the molecule is CN(C)c1cccc(Nc2ncc(C3CCCCC3)c(NC3CCC(O)CC3)n2)c1. The van der Waals surface area contributed by atoms with Gasteiger partial charge >= 0.3 is 0 Å². The highest BCUT2D eigenvalue weighted by molar-refractivity contribution is 5.63.